The van der Waals surface area contributed by atoms with Crippen LogP contribution in [0, 0.1) is 19.8 Å². The van der Waals surface area contributed by atoms with Gasteiger partial charge < -0.3 is 4.90 Å². The van der Waals surface area contributed by atoms with Gasteiger partial charge >= 0.3 is 0 Å². The zero-order valence-corrected chi connectivity index (χ0v) is 15.7. The number of hydrogen-bond donors (Lipinski definition) is 0. The monoisotopic (exact) mass is 356 g/mol. The molecule has 1 aliphatic carbocycles. The SMILES string of the molecule is Cc1nccc(-c2sc(C3CCN(C(=O)C4CCC4)CC3)nc2C)n1. The number of amides is 1. The molecule has 1 amide bonds. The van der Waals surface area contributed by atoms with Crippen LogP contribution in [-0.2, 0) is 4.79 Å². The van der Waals surface area contributed by atoms with Crippen LogP contribution in [0.5, 0.6) is 0 Å². The van der Waals surface area contributed by atoms with Crippen molar-refractivity contribution in [3.05, 3.63) is 28.8 Å². The summed E-state index contributed by atoms with van der Waals surface area (Å²) in [5, 5.41) is 1.19. The number of rotatable bonds is 3. The van der Waals surface area contributed by atoms with Crippen LogP contribution in [-0.4, -0.2) is 38.8 Å². The summed E-state index contributed by atoms with van der Waals surface area (Å²) in [6, 6.07) is 1.96. The zero-order chi connectivity index (χ0) is 17.4. The van der Waals surface area contributed by atoms with Crippen molar-refractivity contribution in [2.45, 2.75) is 51.9 Å². The Labute approximate surface area is 152 Å². The van der Waals surface area contributed by atoms with Crippen molar-refractivity contribution in [1.82, 2.24) is 19.9 Å². The summed E-state index contributed by atoms with van der Waals surface area (Å²) in [5.74, 6) is 1.95. The van der Waals surface area contributed by atoms with Gasteiger partial charge in [-0.15, -0.1) is 11.3 Å². The lowest BCUT2D eigenvalue weighted by atomic mass is 9.83. The minimum absolute atomic E-state index is 0.311. The van der Waals surface area contributed by atoms with E-state index in [4.69, 9.17) is 4.98 Å². The van der Waals surface area contributed by atoms with Crippen molar-refractivity contribution in [2.75, 3.05) is 13.1 Å². The largest absolute Gasteiger partial charge is 0.342 e. The molecule has 4 rings (SSSR count). The minimum Gasteiger partial charge on any atom is -0.342 e. The predicted octanol–water partition coefficient (Wildman–Crippen LogP) is 3.72. The van der Waals surface area contributed by atoms with Crippen LogP contribution in [0.1, 0.15) is 54.5 Å². The lowest BCUT2D eigenvalue weighted by Crippen LogP contribution is -2.43. The number of carbonyl (C=O) groups is 1. The first kappa shape index (κ1) is 16.6. The van der Waals surface area contributed by atoms with Crippen LogP contribution in [0.15, 0.2) is 12.3 Å². The quantitative estimate of drug-likeness (QED) is 0.841. The van der Waals surface area contributed by atoms with E-state index in [-0.39, 0.29) is 0 Å². The Morgan fingerprint density at radius 3 is 2.56 bits per heavy atom. The molecule has 1 saturated heterocycles. The Kier molecular flexibility index (Phi) is 4.54. The summed E-state index contributed by atoms with van der Waals surface area (Å²) in [5.41, 5.74) is 2.01. The van der Waals surface area contributed by atoms with Crippen LogP contribution in [0.2, 0.25) is 0 Å². The van der Waals surface area contributed by atoms with Crippen LogP contribution in [0.25, 0.3) is 10.6 Å². The number of nitrogens with zero attached hydrogens (tertiary/aromatic N) is 4. The normalized spacial score (nSPS) is 19.0. The molecule has 2 aromatic rings. The molecule has 0 aromatic carbocycles. The Morgan fingerprint density at radius 2 is 1.92 bits per heavy atom. The number of aryl methyl sites for hydroxylation is 2. The van der Waals surface area contributed by atoms with E-state index in [1.165, 1.54) is 11.4 Å². The second kappa shape index (κ2) is 6.83. The van der Waals surface area contributed by atoms with Gasteiger partial charge in [-0.25, -0.2) is 15.0 Å². The van der Waals surface area contributed by atoms with Gasteiger partial charge in [0.1, 0.15) is 5.82 Å². The maximum atomic E-state index is 12.4. The summed E-state index contributed by atoms with van der Waals surface area (Å²) in [7, 11) is 0. The van der Waals surface area contributed by atoms with Crippen LogP contribution >= 0.6 is 11.3 Å². The second-order valence-corrected chi connectivity index (χ2v) is 8.21. The highest BCUT2D eigenvalue weighted by Gasteiger charge is 2.32. The average molecular weight is 356 g/mol. The summed E-state index contributed by atoms with van der Waals surface area (Å²) >= 11 is 1.75. The molecule has 2 aliphatic rings. The lowest BCUT2D eigenvalue weighted by Gasteiger charge is -2.36. The number of thiazole rings is 1. The first-order chi connectivity index (χ1) is 12.1. The van der Waals surface area contributed by atoms with Gasteiger partial charge in [-0.05, 0) is 45.6 Å². The van der Waals surface area contributed by atoms with Crippen molar-refractivity contribution in [2.24, 2.45) is 5.92 Å². The highest BCUT2D eigenvalue weighted by atomic mass is 32.1. The number of piperidine rings is 1. The molecule has 0 atom stereocenters. The van der Waals surface area contributed by atoms with Gasteiger partial charge in [0, 0.05) is 31.1 Å². The van der Waals surface area contributed by atoms with E-state index in [9.17, 15) is 4.79 Å². The number of carbonyl (C=O) groups excluding carboxylic acids is 1. The van der Waals surface area contributed by atoms with E-state index in [1.807, 2.05) is 13.0 Å². The predicted molar refractivity (Wildman–Crippen MR) is 98.5 cm³/mol. The molecule has 2 fully saturated rings. The number of likely N-dealkylation sites (tertiary alicyclic amines) is 1. The van der Waals surface area contributed by atoms with Crippen molar-refractivity contribution in [3.8, 4) is 10.6 Å². The third-order valence-corrected chi connectivity index (χ3v) is 6.77. The van der Waals surface area contributed by atoms with Gasteiger partial charge in [-0.3, -0.25) is 4.79 Å². The molecule has 5 nitrogen and oxygen atoms in total. The summed E-state index contributed by atoms with van der Waals surface area (Å²) in [6.45, 7) is 5.72. The Balaban J connectivity index is 1.45. The maximum absolute atomic E-state index is 12.4. The minimum atomic E-state index is 0.311. The number of hydrogen-bond acceptors (Lipinski definition) is 5. The molecule has 0 unspecified atom stereocenters. The van der Waals surface area contributed by atoms with Crippen molar-refractivity contribution in [3.63, 3.8) is 0 Å². The first-order valence-electron chi connectivity index (χ1n) is 9.18. The zero-order valence-electron chi connectivity index (χ0n) is 14.9. The summed E-state index contributed by atoms with van der Waals surface area (Å²) in [4.78, 5) is 29.2. The van der Waals surface area contributed by atoms with Gasteiger partial charge in [-0.2, -0.15) is 0 Å². The highest BCUT2D eigenvalue weighted by Crippen LogP contribution is 2.37. The molecule has 25 heavy (non-hydrogen) atoms. The number of aromatic nitrogens is 3. The van der Waals surface area contributed by atoms with E-state index in [0.717, 1.165) is 60.9 Å². The van der Waals surface area contributed by atoms with Crippen LogP contribution in [0.3, 0.4) is 0 Å². The molecule has 0 bridgehead atoms. The molecule has 1 aliphatic heterocycles. The lowest BCUT2D eigenvalue weighted by molar-refractivity contribution is -0.139. The first-order valence-corrected chi connectivity index (χ1v) is 9.99. The molecule has 3 heterocycles. The fourth-order valence-electron chi connectivity index (χ4n) is 3.67. The van der Waals surface area contributed by atoms with Gasteiger partial charge in [0.25, 0.3) is 0 Å². The molecule has 132 valence electrons. The van der Waals surface area contributed by atoms with Crippen molar-refractivity contribution < 1.29 is 4.79 Å². The van der Waals surface area contributed by atoms with E-state index in [2.05, 4.69) is 21.8 Å². The van der Waals surface area contributed by atoms with Crippen LogP contribution < -0.4 is 0 Å². The summed E-state index contributed by atoms with van der Waals surface area (Å²) in [6.07, 6.45) is 7.25. The summed E-state index contributed by atoms with van der Waals surface area (Å²) < 4.78 is 0. The Bertz CT molecular complexity index is 775. The third-order valence-electron chi connectivity index (χ3n) is 5.43. The Hall–Kier alpha value is -1.82. The molecule has 2 aromatic heterocycles. The van der Waals surface area contributed by atoms with Gasteiger partial charge in [0.05, 0.1) is 21.3 Å². The smallest absolute Gasteiger partial charge is 0.225 e. The maximum Gasteiger partial charge on any atom is 0.225 e. The molecular formula is C19H24N4OS. The average Bonchev–Trinajstić information content (AvgIpc) is 2.95. The van der Waals surface area contributed by atoms with Crippen molar-refractivity contribution >= 4 is 17.2 Å². The molecule has 0 spiro atoms. The van der Waals surface area contributed by atoms with E-state index < -0.39 is 0 Å². The standard InChI is InChI=1S/C19H24N4OS/c1-12-17(16-6-9-20-13(2)22-16)25-18(21-12)14-7-10-23(11-8-14)19(24)15-4-3-5-15/h6,9,14-15H,3-5,7-8,10-11H2,1-2H3. The van der Waals surface area contributed by atoms with Gasteiger partial charge in [0.15, 0.2) is 0 Å². The Morgan fingerprint density at radius 1 is 1.16 bits per heavy atom. The molecule has 1 saturated carbocycles. The van der Waals surface area contributed by atoms with E-state index in [1.54, 1.807) is 17.5 Å². The fourth-order valence-corrected chi connectivity index (χ4v) is 4.88. The second-order valence-electron chi connectivity index (χ2n) is 7.18. The molecule has 0 N–H and O–H groups in total. The van der Waals surface area contributed by atoms with Gasteiger partial charge in [0.2, 0.25) is 5.91 Å². The van der Waals surface area contributed by atoms with Crippen molar-refractivity contribution in [1.29, 1.82) is 0 Å². The molecule has 0 radical (unpaired) electrons. The topological polar surface area (TPSA) is 59.0 Å². The molecular weight excluding hydrogens is 332 g/mol. The third kappa shape index (κ3) is 3.32. The van der Waals surface area contributed by atoms with Gasteiger partial charge in [-0.1, -0.05) is 6.42 Å². The van der Waals surface area contributed by atoms with Crippen LogP contribution in [0.4, 0.5) is 0 Å². The fraction of sp³-hybridized carbons (Fsp3) is 0.579. The van der Waals surface area contributed by atoms with E-state index >= 15 is 0 Å². The highest BCUT2D eigenvalue weighted by molar-refractivity contribution is 7.15. The van der Waals surface area contributed by atoms with E-state index in [0.29, 0.717) is 17.7 Å². The molecule has 6 heteroatoms.